The average Bonchev–Trinajstić information content (AvgIpc) is 3.31. The van der Waals surface area contributed by atoms with E-state index in [9.17, 15) is 4.39 Å². The summed E-state index contributed by atoms with van der Waals surface area (Å²) in [5, 5.41) is 10.2. The molecule has 2 bridgehead atoms. The molecule has 0 amide bonds. The monoisotopic (exact) mass is 379 g/mol. The molecule has 6 heteroatoms. The number of hydrogen-bond acceptors (Lipinski definition) is 5. The maximum Gasteiger partial charge on any atom is 0.100 e. The predicted molar refractivity (Wildman–Crippen MR) is 106 cm³/mol. The van der Waals surface area contributed by atoms with Crippen molar-refractivity contribution < 1.29 is 4.39 Å². The predicted octanol–water partition coefficient (Wildman–Crippen LogP) is 2.06. The Hall–Kier alpha value is -0.270. The van der Waals surface area contributed by atoms with E-state index in [2.05, 4.69) is 32.9 Å². The molecule has 4 saturated heterocycles. The smallest absolute Gasteiger partial charge is 0.100 e. The molecule has 8 atom stereocenters. The Kier molecular flexibility index (Phi) is 5.46. The Morgan fingerprint density at radius 2 is 1.85 bits per heavy atom. The van der Waals surface area contributed by atoms with Gasteiger partial charge in [-0.1, -0.05) is 6.92 Å². The second kappa shape index (κ2) is 7.86. The van der Waals surface area contributed by atoms with Crippen molar-refractivity contribution in [3.05, 3.63) is 0 Å². The van der Waals surface area contributed by atoms with Gasteiger partial charge in [0.25, 0.3) is 0 Å². The largest absolute Gasteiger partial charge is 0.310 e. The maximum atomic E-state index is 14.4. The van der Waals surface area contributed by atoms with E-state index in [1.807, 2.05) is 0 Å². The lowest BCUT2D eigenvalue weighted by atomic mass is 9.71. The summed E-state index contributed by atoms with van der Waals surface area (Å²) in [6, 6.07) is 1.07. The molecule has 0 aromatic heterocycles. The third-order valence-electron chi connectivity index (χ3n) is 8.22. The van der Waals surface area contributed by atoms with Gasteiger partial charge in [0, 0.05) is 19.1 Å². The fraction of sp³-hybridized carbons (Fsp3) is 1.00. The standard InChI is InChI=1S/C21H38FN5/c1-14-4-5-15-6-7-16(22)11-17(15)19-3-2-9-26(19)20-8-10-27-21(25-20)18(13-24-27)23-12-14/h14-21,23-25H,2-13H2,1H3/t14-,15?,16?,17?,18?,19+,20?,21?/m0/s1. The van der Waals surface area contributed by atoms with Crippen LogP contribution in [0.25, 0.3) is 0 Å². The summed E-state index contributed by atoms with van der Waals surface area (Å²) in [6.45, 7) is 6.81. The molecule has 6 unspecified atom stereocenters. The number of halogens is 1. The topological polar surface area (TPSA) is 42.6 Å². The van der Waals surface area contributed by atoms with Crippen LogP contribution in [0.1, 0.15) is 58.3 Å². The van der Waals surface area contributed by atoms with Crippen molar-refractivity contribution >= 4 is 0 Å². The van der Waals surface area contributed by atoms with E-state index >= 15 is 0 Å². The van der Waals surface area contributed by atoms with Gasteiger partial charge in [0.05, 0.1) is 18.4 Å². The third-order valence-corrected chi connectivity index (χ3v) is 8.22. The van der Waals surface area contributed by atoms with Crippen molar-refractivity contribution in [1.29, 1.82) is 0 Å². The first-order valence-electron chi connectivity index (χ1n) is 11.6. The second-order valence-electron chi connectivity index (χ2n) is 9.95. The Balaban J connectivity index is 1.41. The van der Waals surface area contributed by atoms with Crippen LogP contribution in [-0.4, -0.2) is 66.7 Å². The van der Waals surface area contributed by atoms with Crippen LogP contribution in [0.4, 0.5) is 4.39 Å². The lowest BCUT2D eigenvalue weighted by Crippen LogP contribution is -2.65. The molecule has 0 spiro atoms. The van der Waals surface area contributed by atoms with Crippen molar-refractivity contribution in [2.45, 2.75) is 88.9 Å². The molecule has 154 valence electrons. The fourth-order valence-electron chi connectivity index (χ4n) is 6.71. The lowest BCUT2D eigenvalue weighted by Gasteiger charge is -2.47. The van der Waals surface area contributed by atoms with Gasteiger partial charge >= 0.3 is 0 Å². The van der Waals surface area contributed by atoms with E-state index in [1.54, 1.807) is 0 Å². The molecular formula is C21H38FN5. The van der Waals surface area contributed by atoms with Crippen LogP contribution in [0.15, 0.2) is 0 Å². The second-order valence-corrected chi connectivity index (χ2v) is 9.95. The molecule has 27 heavy (non-hydrogen) atoms. The minimum atomic E-state index is -0.568. The molecule has 5 nitrogen and oxygen atoms in total. The minimum Gasteiger partial charge on any atom is -0.310 e. The number of hydrogen-bond donors (Lipinski definition) is 3. The average molecular weight is 380 g/mol. The number of hydrazine groups is 1. The first-order chi connectivity index (χ1) is 13.2. The van der Waals surface area contributed by atoms with E-state index in [0.717, 1.165) is 44.8 Å². The molecule has 0 radical (unpaired) electrons. The lowest BCUT2D eigenvalue weighted by molar-refractivity contribution is -0.00883. The van der Waals surface area contributed by atoms with Crippen molar-refractivity contribution in [3.63, 3.8) is 0 Å². The van der Waals surface area contributed by atoms with Crippen molar-refractivity contribution in [1.82, 2.24) is 26.0 Å². The van der Waals surface area contributed by atoms with E-state index in [4.69, 9.17) is 0 Å². The molecule has 4 heterocycles. The summed E-state index contributed by atoms with van der Waals surface area (Å²) < 4.78 is 14.4. The normalized spacial score (nSPS) is 49.6. The Labute approximate surface area is 163 Å². The number of fused-ring (bicyclic) bond motifs is 5. The zero-order valence-corrected chi connectivity index (χ0v) is 16.9. The van der Waals surface area contributed by atoms with E-state index in [0.29, 0.717) is 36.3 Å². The van der Waals surface area contributed by atoms with Gasteiger partial charge in [0.15, 0.2) is 0 Å². The van der Waals surface area contributed by atoms with Gasteiger partial charge in [-0.05, 0) is 82.2 Å². The maximum absolute atomic E-state index is 14.4. The molecule has 0 aromatic carbocycles. The quantitative estimate of drug-likeness (QED) is 0.601. The van der Waals surface area contributed by atoms with Crippen LogP contribution >= 0.6 is 0 Å². The molecule has 3 N–H and O–H groups in total. The molecule has 5 aliphatic rings. The summed E-state index contributed by atoms with van der Waals surface area (Å²) in [7, 11) is 0. The van der Waals surface area contributed by atoms with E-state index < -0.39 is 6.17 Å². The number of rotatable bonds is 0. The van der Waals surface area contributed by atoms with Crippen molar-refractivity contribution in [3.8, 4) is 0 Å². The van der Waals surface area contributed by atoms with Gasteiger partial charge in [-0.2, -0.15) is 0 Å². The Morgan fingerprint density at radius 3 is 2.78 bits per heavy atom. The molecule has 5 rings (SSSR count). The van der Waals surface area contributed by atoms with Gasteiger partial charge < -0.3 is 5.32 Å². The molecule has 1 saturated carbocycles. The summed E-state index contributed by atoms with van der Waals surface area (Å²) in [6.07, 6.45) is 9.29. The van der Waals surface area contributed by atoms with E-state index in [-0.39, 0.29) is 0 Å². The summed E-state index contributed by atoms with van der Waals surface area (Å²) in [4.78, 5) is 2.75. The molecule has 0 aromatic rings. The highest BCUT2D eigenvalue weighted by Crippen LogP contribution is 2.42. The van der Waals surface area contributed by atoms with Crippen LogP contribution in [0, 0.1) is 17.8 Å². The first-order valence-corrected chi connectivity index (χ1v) is 11.6. The highest BCUT2D eigenvalue weighted by molar-refractivity contribution is 4.99. The van der Waals surface area contributed by atoms with Crippen LogP contribution in [0.2, 0.25) is 0 Å². The molecular weight excluding hydrogens is 341 g/mol. The summed E-state index contributed by atoms with van der Waals surface area (Å²) in [5.41, 5.74) is 3.59. The van der Waals surface area contributed by atoms with Crippen molar-refractivity contribution in [2.75, 3.05) is 26.2 Å². The number of alkyl halides is 1. The van der Waals surface area contributed by atoms with Crippen LogP contribution < -0.4 is 16.1 Å². The van der Waals surface area contributed by atoms with Crippen LogP contribution in [0.5, 0.6) is 0 Å². The highest BCUT2D eigenvalue weighted by atomic mass is 19.1. The van der Waals surface area contributed by atoms with Gasteiger partial charge in [0.1, 0.15) is 6.17 Å². The third kappa shape index (κ3) is 3.68. The summed E-state index contributed by atoms with van der Waals surface area (Å²) in [5.74, 6) is 1.99. The van der Waals surface area contributed by atoms with Crippen molar-refractivity contribution in [2.24, 2.45) is 17.8 Å². The van der Waals surface area contributed by atoms with E-state index in [1.165, 1.54) is 38.6 Å². The minimum absolute atomic E-state index is 0.383. The Bertz CT molecular complexity index is 519. The number of nitrogens with one attached hydrogen (secondary N) is 3. The summed E-state index contributed by atoms with van der Waals surface area (Å²) >= 11 is 0. The van der Waals surface area contributed by atoms with Gasteiger partial charge in [-0.25, -0.2) is 9.40 Å². The fourth-order valence-corrected chi connectivity index (χ4v) is 6.71. The zero-order valence-electron chi connectivity index (χ0n) is 16.9. The van der Waals surface area contributed by atoms with Gasteiger partial charge in [0.2, 0.25) is 0 Å². The molecule has 5 fully saturated rings. The molecule has 1 aliphatic carbocycles. The number of nitrogens with zero attached hydrogens (tertiary/aromatic N) is 2. The Morgan fingerprint density at radius 1 is 0.963 bits per heavy atom. The molecule has 4 aliphatic heterocycles. The SMILES string of the molecule is C[C@H]1CCC2CCC(F)CC2[C@H]2CCCN2C2CCN3NCC(NC1)C3N2. The van der Waals surface area contributed by atoms with Gasteiger partial charge in [-0.3, -0.25) is 15.6 Å². The first kappa shape index (κ1) is 18.7. The van der Waals surface area contributed by atoms with Gasteiger partial charge in [-0.15, -0.1) is 0 Å². The zero-order chi connectivity index (χ0) is 18.4. The van der Waals surface area contributed by atoms with Crippen LogP contribution in [0.3, 0.4) is 0 Å². The highest BCUT2D eigenvalue weighted by Gasteiger charge is 2.46. The van der Waals surface area contributed by atoms with Crippen LogP contribution in [-0.2, 0) is 0 Å².